The SMILES string of the molecule is O=c1oc2cc(O)ccc2c2c(O)c(O)c(O)cc12. The minimum absolute atomic E-state index is 0.0570. The summed E-state index contributed by atoms with van der Waals surface area (Å²) in [6, 6.07) is 5.03. The molecule has 0 aliphatic rings. The molecule has 0 saturated heterocycles. The van der Waals surface area contributed by atoms with Crippen LogP contribution < -0.4 is 5.63 Å². The number of benzene rings is 2. The summed E-state index contributed by atoms with van der Waals surface area (Å²) >= 11 is 0. The first-order chi connectivity index (χ1) is 8.99. The highest BCUT2D eigenvalue weighted by Crippen LogP contribution is 2.43. The molecule has 2 aromatic carbocycles. The molecule has 0 fully saturated rings. The van der Waals surface area contributed by atoms with E-state index in [-0.39, 0.29) is 22.1 Å². The Morgan fingerprint density at radius 2 is 1.63 bits per heavy atom. The van der Waals surface area contributed by atoms with Crippen LogP contribution in [0.2, 0.25) is 0 Å². The minimum Gasteiger partial charge on any atom is -0.508 e. The summed E-state index contributed by atoms with van der Waals surface area (Å²) in [5.41, 5.74) is -0.725. The van der Waals surface area contributed by atoms with Crippen LogP contribution in [0.3, 0.4) is 0 Å². The summed E-state index contributed by atoms with van der Waals surface area (Å²) in [6.45, 7) is 0. The highest BCUT2D eigenvalue weighted by molar-refractivity contribution is 6.09. The molecule has 0 amide bonds. The Bertz CT molecular complexity index is 878. The van der Waals surface area contributed by atoms with Crippen LogP contribution in [0.15, 0.2) is 33.5 Å². The predicted molar refractivity (Wildman–Crippen MR) is 66.6 cm³/mol. The third kappa shape index (κ3) is 1.46. The van der Waals surface area contributed by atoms with E-state index < -0.39 is 22.9 Å². The van der Waals surface area contributed by atoms with Gasteiger partial charge in [-0.15, -0.1) is 0 Å². The third-order valence-electron chi connectivity index (χ3n) is 2.91. The average molecular weight is 260 g/mol. The maximum Gasteiger partial charge on any atom is 0.344 e. The smallest absolute Gasteiger partial charge is 0.344 e. The van der Waals surface area contributed by atoms with Crippen LogP contribution >= 0.6 is 0 Å². The molecule has 1 aromatic heterocycles. The molecule has 4 N–H and O–H groups in total. The minimum atomic E-state index is -0.793. The topological polar surface area (TPSA) is 111 Å². The second-order valence-corrected chi connectivity index (χ2v) is 4.09. The highest BCUT2D eigenvalue weighted by Gasteiger charge is 2.17. The van der Waals surface area contributed by atoms with Crippen LogP contribution in [0.1, 0.15) is 0 Å². The Kier molecular flexibility index (Phi) is 2.10. The molecule has 0 atom stereocenters. The molecule has 0 unspecified atom stereocenters. The molecule has 0 bridgehead atoms. The first kappa shape index (κ1) is 11.2. The summed E-state index contributed by atoms with van der Waals surface area (Å²) in [5, 5.41) is 38.5. The Balaban J connectivity index is 2.67. The maximum atomic E-state index is 11.8. The van der Waals surface area contributed by atoms with Gasteiger partial charge in [0.1, 0.15) is 11.3 Å². The fourth-order valence-corrected chi connectivity index (χ4v) is 2.03. The van der Waals surface area contributed by atoms with E-state index in [2.05, 4.69) is 0 Å². The van der Waals surface area contributed by atoms with Crippen LogP contribution in [0.4, 0.5) is 0 Å². The number of phenolic OH excluding ortho intramolecular Hbond substituents is 4. The van der Waals surface area contributed by atoms with Crippen molar-refractivity contribution in [2.24, 2.45) is 0 Å². The third-order valence-corrected chi connectivity index (χ3v) is 2.91. The zero-order valence-corrected chi connectivity index (χ0v) is 9.41. The van der Waals surface area contributed by atoms with Gasteiger partial charge in [0.05, 0.1) is 5.39 Å². The van der Waals surface area contributed by atoms with Crippen molar-refractivity contribution in [3.63, 3.8) is 0 Å². The molecular formula is C13H8O6. The van der Waals surface area contributed by atoms with E-state index in [1.807, 2.05) is 0 Å². The summed E-state index contributed by atoms with van der Waals surface area (Å²) in [5.74, 6) is -2.04. The van der Waals surface area contributed by atoms with Crippen molar-refractivity contribution < 1.29 is 24.8 Å². The fourth-order valence-electron chi connectivity index (χ4n) is 2.03. The standard InChI is InChI=1S/C13H8O6/c14-5-1-2-6-9(3-5)19-13(18)7-4-8(15)11(16)12(17)10(6)7/h1-4,14-17H. The van der Waals surface area contributed by atoms with Gasteiger partial charge in [-0.2, -0.15) is 0 Å². The van der Waals surface area contributed by atoms with Gasteiger partial charge in [0.25, 0.3) is 0 Å². The Labute approximate surface area is 105 Å². The van der Waals surface area contributed by atoms with E-state index in [0.717, 1.165) is 6.07 Å². The summed E-state index contributed by atoms with van der Waals surface area (Å²) in [6.07, 6.45) is 0. The fraction of sp³-hybridized carbons (Fsp3) is 0. The Morgan fingerprint density at radius 1 is 0.895 bits per heavy atom. The average Bonchev–Trinajstić information content (AvgIpc) is 2.36. The van der Waals surface area contributed by atoms with Crippen LogP contribution in [-0.2, 0) is 0 Å². The number of fused-ring (bicyclic) bond motifs is 3. The monoisotopic (exact) mass is 260 g/mol. The molecule has 6 heteroatoms. The number of aromatic hydroxyl groups is 4. The molecule has 0 radical (unpaired) electrons. The lowest BCUT2D eigenvalue weighted by molar-refractivity contribution is 0.371. The molecule has 1 heterocycles. The van der Waals surface area contributed by atoms with Gasteiger partial charge in [-0.1, -0.05) is 0 Å². The van der Waals surface area contributed by atoms with Gasteiger partial charge in [0.2, 0.25) is 5.75 Å². The Hall–Kier alpha value is -2.89. The number of hydrogen-bond acceptors (Lipinski definition) is 6. The largest absolute Gasteiger partial charge is 0.508 e. The normalized spacial score (nSPS) is 11.2. The molecule has 3 aromatic rings. The van der Waals surface area contributed by atoms with Gasteiger partial charge in [0, 0.05) is 16.8 Å². The van der Waals surface area contributed by atoms with Gasteiger partial charge in [-0.05, 0) is 18.2 Å². The zero-order chi connectivity index (χ0) is 13.7. The van der Waals surface area contributed by atoms with Crippen LogP contribution in [0.25, 0.3) is 21.7 Å². The van der Waals surface area contributed by atoms with Crippen molar-refractivity contribution >= 4 is 21.7 Å². The van der Waals surface area contributed by atoms with Gasteiger partial charge in [0.15, 0.2) is 11.5 Å². The van der Waals surface area contributed by atoms with Crippen molar-refractivity contribution in [2.45, 2.75) is 0 Å². The van der Waals surface area contributed by atoms with Crippen molar-refractivity contribution in [3.05, 3.63) is 34.7 Å². The van der Waals surface area contributed by atoms with Crippen LogP contribution in [-0.4, -0.2) is 20.4 Å². The van der Waals surface area contributed by atoms with E-state index in [4.69, 9.17) is 4.42 Å². The van der Waals surface area contributed by atoms with Gasteiger partial charge >= 0.3 is 5.63 Å². The number of rotatable bonds is 0. The van der Waals surface area contributed by atoms with E-state index in [0.29, 0.717) is 5.39 Å². The van der Waals surface area contributed by atoms with Gasteiger partial charge < -0.3 is 24.8 Å². The maximum absolute atomic E-state index is 11.8. The van der Waals surface area contributed by atoms with Gasteiger partial charge in [-0.3, -0.25) is 0 Å². The summed E-state index contributed by atoms with van der Waals surface area (Å²) in [7, 11) is 0. The lowest BCUT2D eigenvalue weighted by atomic mass is 10.1. The van der Waals surface area contributed by atoms with E-state index in [1.165, 1.54) is 18.2 Å². The first-order valence-electron chi connectivity index (χ1n) is 5.32. The van der Waals surface area contributed by atoms with E-state index in [1.54, 1.807) is 0 Å². The number of phenols is 4. The molecule has 0 saturated carbocycles. The lowest BCUT2D eigenvalue weighted by Gasteiger charge is -2.07. The van der Waals surface area contributed by atoms with Crippen molar-refractivity contribution in [3.8, 4) is 23.0 Å². The highest BCUT2D eigenvalue weighted by atomic mass is 16.4. The number of hydrogen-bond donors (Lipinski definition) is 4. The quantitative estimate of drug-likeness (QED) is 0.278. The van der Waals surface area contributed by atoms with Crippen LogP contribution in [0, 0.1) is 0 Å². The zero-order valence-electron chi connectivity index (χ0n) is 9.41. The summed E-state index contributed by atoms with van der Waals surface area (Å²) in [4.78, 5) is 11.8. The van der Waals surface area contributed by atoms with Gasteiger partial charge in [-0.25, -0.2) is 4.79 Å². The molecule has 19 heavy (non-hydrogen) atoms. The second-order valence-electron chi connectivity index (χ2n) is 4.09. The molecule has 3 rings (SSSR count). The van der Waals surface area contributed by atoms with E-state index in [9.17, 15) is 25.2 Å². The molecular weight excluding hydrogens is 252 g/mol. The first-order valence-corrected chi connectivity index (χ1v) is 5.32. The summed E-state index contributed by atoms with van der Waals surface area (Å²) < 4.78 is 4.99. The molecule has 0 spiro atoms. The van der Waals surface area contributed by atoms with Crippen molar-refractivity contribution in [1.29, 1.82) is 0 Å². The second kappa shape index (κ2) is 3.55. The molecule has 0 aliphatic carbocycles. The van der Waals surface area contributed by atoms with E-state index >= 15 is 0 Å². The Morgan fingerprint density at radius 3 is 2.37 bits per heavy atom. The lowest BCUT2D eigenvalue weighted by Crippen LogP contribution is -2.00. The predicted octanol–water partition coefficient (Wildman–Crippen LogP) is 1.77. The molecule has 6 nitrogen and oxygen atoms in total. The molecule has 96 valence electrons. The van der Waals surface area contributed by atoms with Crippen molar-refractivity contribution in [1.82, 2.24) is 0 Å². The molecule has 0 aliphatic heterocycles. The van der Waals surface area contributed by atoms with Crippen molar-refractivity contribution in [2.75, 3.05) is 0 Å². The van der Waals surface area contributed by atoms with Crippen LogP contribution in [0.5, 0.6) is 23.0 Å².